The van der Waals surface area contributed by atoms with Gasteiger partial charge in [-0.15, -0.1) is 0 Å². The molecule has 1 atom stereocenters. The molecule has 94 valence electrons. The van der Waals surface area contributed by atoms with Crippen LogP contribution in [0.2, 0.25) is 0 Å². The summed E-state index contributed by atoms with van der Waals surface area (Å²) in [7, 11) is 3.75. The number of halogens is 1. The summed E-state index contributed by atoms with van der Waals surface area (Å²) in [6.07, 6.45) is 4.21. The van der Waals surface area contributed by atoms with E-state index in [1.54, 1.807) is 13.3 Å². The van der Waals surface area contributed by atoms with Gasteiger partial charge < -0.3 is 15.0 Å². The van der Waals surface area contributed by atoms with Crippen LogP contribution in [0.3, 0.4) is 0 Å². The highest BCUT2D eigenvalue weighted by molar-refractivity contribution is 9.10. The fraction of sp³-hybridized carbons (Fsp3) is 0.636. The number of ether oxygens (including phenoxy) is 1. The predicted octanol–water partition coefficient (Wildman–Crippen LogP) is 1.75. The minimum atomic E-state index is 0.558. The van der Waals surface area contributed by atoms with Crippen molar-refractivity contribution in [3.8, 4) is 5.88 Å². The molecule has 1 N–H and O–H groups in total. The number of aromatic nitrogens is 2. The molecular formula is C11H17BrN4O. The first-order chi connectivity index (χ1) is 8.20. The lowest BCUT2D eigenvalue weighted by molar-refractivity contribution is 0.321. The Bertz CT molecular complexity index is 388. The molecule has 0 saturated carbocycles. The zero-order valence-corrected chi connectivity index (χ0v) is 11.7. The molecule has 1 aliphatic heterocycles. The number of hydrogen-bond donors (Lipinski definition) is 1. The third-order valence-corrected chi connectivity index (χ3v) is 3.62. The highest BCUT2D eigenvalue weighted by Gasteiger charge is 2.20. The first-order valence-electron chi connectivity index (χ1n) is 5.71. The molecule has 1 unspecified atom stereocenters. The predicted molar refractivity (Wildman–Crippen MR) is 70.4 cm³/mol. The number of nitrogens with one attached hydrogen (secondary N) is 1. The summed E-state index contributed by atoms with van der Waals surface area (Å²) in [6, 6.07) is 0.577. The van der Waals surface area contributed by atoms with E-state index < -0.39 is 0 Å². The van der Waals surface area contributed by atoms with Crippen LogP contribution in [0.4, 0.5) is 5.95 Å². The SMILES string of the molecule is COc1nc(NCC2CCCN2C)ncc1Br. The average Bonchev–Trinajstić information content (AvgIpc) is 2.74. The minimum absolute atomic E-state index is 0.558. The largest absolute Gasteiger partial charge is 0.480 e. The molecular weight excluding hydrogens is 284 g/mol. The maximum atomic E-state index is 5.13. The van der Waals surface area contributed by atoms with Crippen LogP contribution < -0.4 is 10.1 Å². The van der Waals surface area contributed by atoms with Crippen LogP contribution in [0.15, 0.2) is 10.7 Å². The van der Waals surface area contributed by atoms with Gasteiger partial charge in [-0.25, -0.2) is 4.98 Å². The minimum Gasteiger partial charge on any atom is -0.480 e. The van der Waals surface area contributed by atoms with E-state index in [2.05, 4.69) is 43.2 Å². The second kappa shape index (κ2) is 5.64. The molecule has 0 bridgehead atoms. The van der Waals surface area contributed by atoms with Gasteiger partial charge in [0.25, 0.3) is 0 Å². The van der Waals surface area contributed by atoms with Gasteiger partial charge in [0.15, 0.2) is 0 Å². The summed E-state index contributed by atoms with van der Waals surface area (Å²) in [6.45, 7) is 2.05. The molecule has 1 aromatic heterocycles. The van der Waals surface area contributed by atoms with Gasteiger partial charge in [-0.3, -0.25) is 0 Å². The first kappa shape index (κ1) is 12.6. The van der Waals surface area contributed by atoms with Gasteiger partial charge in [-0.05, 0) is 42.4 Å². The highest BCUT2D eigenvalue weighted by Crippen LogP contribution is 2.22. The van der Waals surface area contributed by atoms with Crippen molar-refractivity contribution in [2.45, 2.75) is 18.9 Å². The Morgan fingerprint density at radius 1 is 1.65 bits per heavy atom. The molecule has 5 nitrogen and oxygen atoms in total. The summed E-state index contributed by atoms with van der Waals surface area (Å²) in [5, 5.41) is 3.25. The Morgan fingerprint density at radius 3 is 3.12 bits per heavy atom. The number of likely N-dealkylation sites (N-methyl/N-ethyl adjacent to an activating group) is 1. The monoisotopic (exact) mass is 300 g/mol. The third kappa shape index (κ3) is 3.07. The molecule has 0 amide bonds. The van der Waals surface area contributed by atoms with Crippen molar-refractivity contribution in [2.24, 2.45) is 0 Å². The quantitative estimate of drug-likeness (QED) is 0.918. The maximum Gasteiger partial charge on any atom is 0.232 e. The fourth-order valence-corrected chi connectivity index (χ4v) is 2.38. The van der Waals surface area contributed by atoms with Gasteiger partial charge in [-0.2, -0.15) is 4.98 Å². The van der Waals surface area contributed by atoms with E-state index in [1.807, 2.05) is 0 Å². The standard InChI is InChI=1S/C11H17BrN4O/c1-16-5-3-4-8(16)6-13-11-14-7-9(12)10(15-11)17-2/h7-8H,3-6H2,1-2H3,(H,13,14,15). The molecule has 0 aromatic carbocycles. The Morgan fingerprint density at radius 2 is 2.47 bits per heavy atom. The molecule has 2 heterocycles. The van der Waals surface area contributed by atoms with E-state index in [4.69, 9.17) is 4.74 Å². The van der Waals surface area contributed by atoms with Crippen LogP contribution in [-0.2, 0) is 0 Å². The lowest BCUT2D eigenvalue weighted by Crippen LogP contribution is -2.31. The summed E-state index contributed by atoms with van der Waals surface area (Å²) in [5.74, 6) is 1.17. The molecule has 2 rings (SSSR count). The lowest BCUT2D eigenvalue weighted by atomic mass is 10.2. The maximum absolute atomic E-state index is 5.13. The van der Waals surface area contributed by atoms with E-state index in [9.17, 15) is 0 Å². The van der Waals surface area contributed by atoms with Gasteiger partial charge in [0.2, 0.25) is 11.8 Å². The third-order valence-electron chi connectivity index (χ3n) is 3.07. The summed E-state index contributed by atoms with van der Waals surface area (Å²) < 4.78 is 5.90. The van der Waals surface area contributed by atoms with Gasteiger partial charge in [-0.1, -0.05) is 0 Å². The van der Waals surface area contributed by atoms with Crippen molar-refractivity contribution in [1.82, 2.24) is 14.9 Å². The number of rotatable bonds is 4. The van der Waals surface area contributed by atoms with E-state index >= 15 is 0 Å². The Hall–Kier alpha value is -0.880. The van der Waals surface area contributed by atoms with Crippen LogP contribution in [-0.4, -0.2) is 48.2 Å². The van der Waals surface area contributed by atoms with Gasteiger partial charge in [0.1, 0.15) is 0 Å². The van der Waals surface area contributed by atoms with Gasteiger partial charge in [0, 0.05) is 12.6 Å². The van der Waals surface area contributed by atoms with E-state index in [-0.39, 0.29) is 0 Å². The van der Waals surface area contributed by atoms with Crippen molar-refractivity contribution < 1.29 is 4.74 Å². The van der Waals surface area contributed by atoms with Crippen LogP contribution in [0.5, 0.6) is 5.88 Å². The van der Waals surface area contributed by atoms with Crippen LogP contribution in [0, 0.1) is 0 Å². The highest BCUT2D eigenvalue weighted by atomic mass is 79.9. The molecule has 0 radical (unpaired) electrons. The van der Waals surface area contributed by atoms with Crippen molar-refractivity contribution in [3.05, 3.63) is 10.7 Å². The number of methoxy groups -OCH3 is 1. The van der Waals surface area contributed by atoms with E-state index in [1.165, 1.54) is 19.4 Å². The van der Waals surface area contributed by atoms with Crippen LogP contribution in [0.1, 0.15) is 12.8 Å². The lowest BCUT2D eigenvalue weighted by Gasteiger charge is -2.19. The van der Waals surface area contributed by atoms with Crippen LogP contribution >= 0.6 is 15.9 Å². The molecule has 1 saturated heterocycles. The van der Waals surface area contributed by atoms with Crippen LogP contribution in [0.25, 0.3) is 0 Å². The molecule has 17 heavy (non-hydrogen) atoms. The van der Waals surface area contributed by atoms with E-state index in [0.29, 0.717) is 17.9 Å². The fourth-order valence-electron chi connectivity index (χ4n) is 2.03. The van der Waals surface area contributed by atoms with Crippen molar-refractivity contribution >= 4 is 21.9 Å². The molecule has 6 heteroatoms. The van der Waals surface area contributed by atoms with Crippen molar-refractivity contribution in [1.29, 1.82) is 0 Å². The number of likely N-dealkylation sites (tertiary alicyclic amines) is 1. The number of hydrogen-bond acceptors (Lipinski definition) is 5. The smallest absolute Gasteiger partial charge is 0.232 e. The second-order valence-electron chi connectivity index (χ2n) is 4.21. The second-order valence-corrected chi connectivity index (χ2v) is 5.06. The molecule has 0 spiro atoms. The summed E-state index contributed by atoms with van der Waals surface area (Å²) >= 11 is 3.33. The Labute approximate surface area is 110 Å². The Balaban J connectivity index is 1.94. The topological polar surface area (TPSA) is 50.3 Å². The molecule has 1 fully saturated rings. The number of anilines is 1. The zero-order chi connectivity index (χ0) is 12.3. The van der Waals surface area contributed by atoms with E-state index in [0.717, 1.165) is 11.0 Å². The first-order valence-corrected chi connectivity index (χ1v) is 6.50. The summed E-state index contributed by atoms with van der Waals surface area (Å²) in [4.78, 5) is 10.8. The number of nitrogens with zero attached hydrogens (tertiary/aromatic N) is 3. The Kier molecular flexibility index (Phi) is 4.17. The van der Waals surface area contributed by atoms with Gasteiger partial charge in [0.05, 0.1) is 17.8 Å². The summed E-state index contributed by atoms with van der Waals surface area (Å²) in [5.41, 5.74) is 0. The zero-order valence-electron chi connectivity index (χ0n) is 10.1. The molecule has 1 aliphatic rings. The van der Waals surface area contributed by atoms with Gasteiger partial charge >= 0.3 is 0 Å². The molecule has 0 aliphatic carbocycles. The van der Waals surface area contributed by atoms with Crippen molar-refractivity contribution in [2.75, 3.05) is 32.6 Å². The average molecular weight is 301 g/mol. The normalized spacial score (nSPS) is 20.5. The van der Waals surface area contributed by atoms with Crippen molar-refractivity contribution in [3.63, 3.8) is 0 Å². The molecule has 1 aromatic rings.